The van der Waals surface area contributed by atoms with Crippen LogP contribution in [0.15, 0.2) is 53.6 Å². The Morgan fingerprint density at radius 2 is 2.13 bits per heavy atom. The van der Waals surface area contributed by atoms with E-state index >= 15 is 0 Å². The second kappa shape index (κ2) is 8.41. The molecule has 0 unspecified atom stereocenters. The van der Waals surface area contributed by atoms with E-state index in [2.05, 4.69) is 42.0 Å². The summed E-state index contributed by atoms with van der Waals surface area (Å²) in [6.45, 7) is 7.57. The van der Waals surface area contributed by atoms with Crippen molar-refractivity contribution in [2.45, 2.75) is 20.3 Å². The number of hydrogen-bond acceptors (Lipinski definition) is 2. The van der Waals surface area contributed by atoms with Gasteiger partial charge in [0.2, 0.25) is 0 Å². The molecule has 1 aliphatic heterocycles. The molecule has 2 N–H and O–H groups in total. The van der Waals surface area contributed by atoms with Gasteiger partial charge in [-0.25, -0.2) is 0 Å². The Morgan fingerprint density at radius 1 is 1.35 bits per heavy atom. The van der Waals surface area contributed by atoms with Crippen LogP contribution in [-0.2, 0) is 0 Å². The minimum atomic E-state index is 0.676. The Balaban J connectivity index is 1.69. The van der Waals surface area contributed by atoms with Gasteiger partial charge in [0, 0.05) is 31.2 Å². The maximum absolute atomic E-state index is 5.78. The van der Waals surface area contributed by atoms with Crippen molar-refractivity contribution in [3.63, 3.8) is 0 Å². The number of allylic oxidation sites excluding steroid dienone is 3. The fourth-order valence-electron chi connectivity index (χ4n) is 2.62. The van der Waals surface area contributed by atoms with Crippen molar-refractivity contribution in [2.24, 2.45) is 5.92 Å². The summed E-state index contributed by atoms with van der Waals surface area (Å²) in [6.07, 6.45) is 15.0. The zero-order chi connectivity index (χ0) is 16.7. The summed E-state index contributed by atoms with van der Waals surface area (Å²) in [6, 6.07) is 7.97. The van der Waals surface area contributed by atoms with Crippen molar-refractivity contribution in [2.75, 3.05) is 25.4 Å². The van der Waals surface area contributed by atoms with Crippen LogP contribution in [-0.4, -0.2) is 24.5 Å². The van der Waals surface area contributed by atoms with Crippen LogP contribution in [0.2, 0.25) is 0 Å². The molecule has 2 heteroatoms. The molecule has 0 saturated carbocycles. The zero-order valence-electron chi connectivity index (χ0n) is 14.1. The van der Waals surface area contributed by atoms with Crippen LogP contribution in [0.1, 0.15) is 25.8 Å². The molecule has 1 heterocycles. The Labute approximate surface area is 140 Å². The molecule has 23 heavy (non-hydrogen) atoms. The predicted molar refractivity (Wildman–Crippen MR) is 101 cm³/mol. The summed E-state index contributed by atoms with van der Waals surface area (Å²) >= 11 is 0. The van der Waals surface area contributed by atoms with Crippen molar-refractivity contribution >= 4 is 11.8 Å². The van der Waals surface area contributed by atoms with Crippen molar-refractivity contribution in [3.05, 3.63) is 59.2 Å². The average Bonchev–Trinajstić information content (AvgIpc) is 2.50. The van der Waals surface area contributed by atoms with Crippen molar-refractivity contribution in [3.8, 4) is 12.3 Å². The van der Waals surface area contributed by atoms with E-state index in [0.717, 1.165) is 37.3 Å². The second-order valence-corrected chi connectivity index (χ2v) is 6.22. The lowest BCUT2D eigenvalue weighted by Crippen LogP contribution is -2.47. The second-order valence-electron chi connectivity index (χ2n) is 6.22. The first-order chi connectivity index (χ1) is 11.1. The number of likely N-dealkylation sites (tertiary alicyclic amines) is 1. The van der Waals surface area contributed by atoms with Crippen LogP contribution in [0.5, 0.6) is 0 Å². The summed E-state index contributed by atoms with van der Waals surface area (Å²) < 4.78 is 0. The first kappa shape index (κ1) is 17.1. The molecule has 1 saturated heterocycles. The highest BCUT2D eigenvalue weighted by Crippen LogP contribution is 2.23. The predicted octanol–water partition coefficient (Wildman–Crippen LogP) is 4.13. The van der Waals surface area contributed by atoms with Gasteiger partial charge in [0.25, 0.3) is 0 Å². The standard InChI is InChI=1S/C21H26N2/c1-4-17(2)11-12-18(3)20-15-23(16-20)13-6-5-8-19-9-7-10-21(22)14-19/h1,5,7-12,14,20H,6,13,15-16,22H2,2-3H3/b8-5?,17-11-,18-12+. The molecular weight excluding hydrogens is 280 g/mol. The van der Waals surface area contributed by atoms with Gasteiger partial charge in [0.15, 0.2) is 0 Å². The molecular formula is C21H26N2. The third-order valence-electron chi connectivity index (χ3n) is 4.26. The van der Waals surface area contributed by atoms with Gasteiger partial charge in [-0.3, -0.25) is 0 Å². The van der Waals surface area contributed by atoms with E-state index in [-0.39, 0.29) is 0 Å². The lowest BCUT2D eigenvalue weighted by molar-refractivity contribution is 0.126. The van der Waals surface area contributed by atoms with E-state index in [9.17, 15) is 0 Å². The number of benzene rings is 1. The fraction of sp³-hybridized carbons (Fsp3) is 0.333. The normalized spacial score (nSPS) is 17.3. The summed E-state index contributed by atoms with van der Waals surface area (Å²) in [5.74, 6) is 3.32. The molecule has 0 aromatic heterocycles. The van der Waals surface area contributed by atoms with Crippen LogP contribution in [0, 0.1) is 18.3 Å². The molecule has 120 valence electrons. The summed E-state index contributed by atoms with van der Waals surface area (Å²) in [5.41, 5.74) is 10.2. The molecule has 1 aromatic rings. The number of nitrogens with two attached hydrogens (primary N) is 1. The van der Waals surface area contributed by atoms with Gasteiger partial charge in [0.1, 0.15) is 0 Å². The Morgan fingerprint density at radius 3 is 2.83 bits per heavy atom. The Bertz CT molecular complexity index is 653. The average molecular weight is 306 g/mol. The number of hydrogen-bond donors (Lipinski definition) is 1. The van der Waals surface area contributed by atoms with E-state index in [1.54, 1.807) is 0 Å². The van der Waals surface area contributed by atoms with Crippen molar-refractivity contribution in [1.29, 1.82) is 0 Å². The number of anilines is 1. The maximum atomic E-state index is 5.78. The van der Waals surface area contributed by atoms with E-state index in [1.807, 2.05) is 31.2 Å². The smallest absolute Gasteiger partial charge is 0.0319 e. The van der Waals surface area contributed by atoms with Crippen molar-refractivity contribution in [1.82, 2.24) is 4.90 Å². The van der Waals surface area contributed by atoms with Gasteiger partial charge >= 0.3 is 0 Å². The first-order valence-corrected chi connectivity index (χ1v) is 8.14. The molecule has 1 fully saturated rings. The third-order valence-corrected chi connectivity index (χ3v) is 4.26. The molecule has 2 nitrogen and oxygen atoms in total. The Kier molecular flexibility index (Phi) is 6.26. The molecule has 0 atom stereocenters. The van der Waals surface area contributed by atoms with Crippen molar-refractivity contribution < 1.29 is 0 Å². The highest BCUT2D eigenvalue weighted by Gasteiger charge is 2.26. The van der Waals surface area contributed by atoms with Gasteiger partial charge in [-0.2, -0.15) is 0 Å². The summed E-state index contributed by atoms with van der Waals surface area (Å²) in [4.78, 5) is 2.49. The molecule has 1 aromatic carbocycles. The molecule has 0 bridgehead atoms. The van der Waals surface area contributed by atoms with E-state index in [0.29, 0.717) is 5.92 Å². The SMILES string of the molecule is C#C/C(C)=C\C=C(/C)C1CN(CCC=Cc2cccc(N)c2)C1. The number of nitrogen functional groups attached to an aromatic ring is 1. The summed E-state index contributed by atoms with van der Waals surface area (Å²) in [5, 5.41) is 0. The molecule has 0 spiro atoms. The van der Waals surface area contributed by atoms with Gasteiger partial charge in [0.05, 0.1) is 0 Å². The van der Waals surface area contributed by atoms with E-state index in [1.165, 1.54) is 11.1 Å². The Hall–Kier alpha value is -2.24. The molecule has 0 aliphatic carbocycles. The number of nitrogens with zero attached hydrogens (tertiary/aromatic N) is 1. The molecule has 0 radical (unpaired) electrons. The minimum Gasteiger partial charge on any atom is -0.399 e. The minimum absolute atomic E-state index is 0.676. The van der Waals surface area contributed by atoms with Crippen LogP contribution in [0.4, 0.5) is 5.69 Å². The van der Waals surface area contributed by atoms with Crippen LogP contribution >= 0.6 is 0 Å². The quantitative estimate of drug-likeness (QED) is 0.486. The summed E-state index contributed by atoms with van der Waals surface area (Å²) in [7, 11) is 0. The lowest BCUT2D eigenvalue weighted by Gasteiger charge is -2.39. The molecule has 1 aliphatic rings. The zero-order valence-corrected chi connectivity index (χ0v) is 14.1. The fourth-order valence-corrected chi connectivity index (χ4v) is 2.62. The maximum Gasteiger partial charge on any atom is 0.0319 e. The van der Waals surface area contributed by atoms with Crippen LogP contribution in [0.25, 0.3) is 6.08 Å². The van der Waals surface area contributed by atoms with Gasteiger partial charge < -0.3 is 10.6 Å². The highest BCUT2D eigenvalue weighted by molar-refractivity contribution is 5.55. The van der Waals surface area contributed by atoms with Gasteiger partial charge in [-0.05, 0) is 43.5 Å². The van der Waals surface area contributed by atoms with Crippen LogP contribution < -0.4 is 5.73 Å². The lowest BCUT2D eigenvalue weighted by atomic mass is 9.91. The van der Waals surface area contributed by atoms with Crippen LogP contribution in [0.3, 0.4) is 0 Å². The number of rotatable bonds is 6. The molecule has 0 amide bonds. The largest absolute Gasteiger partial charge is 0.399 e. The third kappa shape index (κ3) is 5.47. The van der Waals surface area contributed by atoms with E-state index in [4.69, 9.17) is 12.2 Å². The van der Waals surface area contributed by atoms with E-state index < -0.39 is 0 Å². The number of terminal acetylenes is 1. The monoisotopic (exact) mass is 306 g/mol. The topological polar surface area (TPSA) is 29.3 Å². The van der Waals surface area contributed by atoms with Gasteiger partial charge in [-0.1, -0.05) is 47.9 Å². The highest BCUT2D eigenvalue weighted by atomic mass is 15.2. The van der Waals surface area contributed by atoms with Gasteiger partial charge in [-0.15, -0.1) is 6.42 Å². The first-order valence-electron chi connectivity index (χ1n) is 8.14. The molecule has 2 rings (SSSR count).